The smallest absolute Gasteiger partial charge is 0.307 e. The molecule has 0 heterocycles. The van der Waals surface area contributed by atoms with Crippen molar-refractivity contribution >= 4 is 33.4 Å². The van der Waals surface area contributed by atoms with Gasteiger partial charge in [-0.2, -0.15) is 0 Å². The van der Waals surface area contributed by atoms with Crippen molar-refractivity contribution < 1.29 is 27.5 Å². The van der Waals surface area contributed by atoms with Crippen LogP contribution < -0.4 is 10.0 Å². The number of aryl methyl sites for hydroxylation is 2. The van der Waals surface area contributed by atoms with Gasteiger partial charge in [-0.15, -0.1) is 0 Å². The van der Waals surface area contributed by atoms with Crippen LogP contribution in [0.15, 0.2) is 47.4 Å². The number of ketones is 1. The normalized spacial score (nSPS) is 11.1. The van der Waals surface area contributed by atoms with Gasteiger partial charge < -0.3 is 10.1 Å². The molecule has 0 aliphatic heterocycles. The lowest BCUT2D eigenvalue weighted by Crippen LogP contribution is -2.27. The lowest BCUT2D eigenvalue weighted by molar-refractivity contribution is -0.142. The zero-order valence-corrected chi connectivity index (χ0v) is 19.3. The summed E-state index contributed by atoms with van der Waals surface area (Å²) in [7, 11) is -3.83. The van der Waals surface area contributed by atoms with Crippen molar-refractivity contribution in [3.05, 3.63) is 59.2 Å². The first kappa shape index (κ1) is 25.2. The number of nitrogens with one attached hydrogen (secondary N) is 2. The van der Waals surface area contributed by atoms with Crippen LogP contribution in [0.25, 0.3) is 0 Å². The summed E-state index contributed by atoms with van der Waals surface area (Å²) in [6.45, 7) is 4.73. The van der Waals surface area contributed by atoms with Gasteiger partial charge in [-0.1, -0.05) is 26.0 Å². The van der Waals surface area contributed by atoms with Gasteiger partial charge in [0.2, 0.25) is 21.7 Å². The van der Waals surface area contributed by atoms with E-state index in [1.165, 1.54) is 31.2 Å². The van der Waals surface area contributed by atoms with Crippen molar-refractivity contribution in [2.45, 2.75) is 44.9 Å². The number of ether oxygens (including phenoxy) is 1. The number of Topliss-reactive ketones (excluding diaryl/α,β-unsaturated/α-hetero) is 1. The van der Waals surface area contributed by atoms with Crippen molar-refractivity contribution in [1.29, 1.82) is 0 Å². The van der Waals surface area contributed by atoms with Gasteiger partial charge in [0.25, 0.3) is 0 Å². The first-order chi connectivity index (χ1) is 15.2. The molecule has 2 N–H and O–H groups in total. The van der Waals surface area contributed by atoms with E-state index in [9.17, 15) is 22.8 Å². The Kier molecular flexibility index (Phi) is 9.10. The van der Waals surface area contributed by atoms with Crippen molar-refractivity contribution in [3.8, 4) is 0 Å². The van der Waals surface area contributed by atoms with E-state index in [0.29, 0.717) is 17.7 Å². The van der Waals surface area contributed by atoms with Gasteiger partial charge >= 0.3 is 5.97 Å². The molecule has 0 atom stereocenters. The minimum Gasteiger partial charge on any atom is -0.457 e. The maximum Gasteiger partial charge on any atom is 0.307 e. The second-order valence-corrected chi connectivity index (χ2v) is 8.90. The highest BCUT2D eigenvalue weighted by Crippen LogP contribution is 2.15. The van der Waals surface area contributed by atoms with E-state index in [-0.39, 0.29) is 29.6 Å². The van der Waals surface area contributed by atoms with Crippen LogP contribution in [0.2, 0.25) is 0 Å². The number of benzene rings is 2. The summed E-state index contributed by atoms with van der Waals surface area (Å²) in [4.78, 5) is 35.5. The Bertz CT molecular complexity index is 1080. The molecule has 172 valence electrons. The van der Waals surface area contributed by atoms with Crippen LogP contribution in [-0.2, 0) is 37.2 Å². The average Bonchev–Trinajstić information content (AvgIpc) is 2.76. The summed E-state index contributed by atoms with van der Waals surface area (Å²) >= 11 is 0. The lowest BCUT2D eigenvalue weighted by Gasteiger charge is -2.10. The minimum atomic E-state index is -3.83. The Morgan fingerprint density at radius 3 is 2.25 bits per heavy atom. The van der Waals surface area contributed by atoms with Crippen LogP contribution in [0.5, 0.6) is 0 Å². The molecule has 0 fully saturated rings. The fraction of sp³-hybridized carbons (Fsp3) is 0.348. The molecule has 2 aromatic rings. The Labute approximate surface area is 188 Å². The zero-order valence-electron chi connectivity index (χ0n) is 18.4. The second-order valence-electron chi connectivity index (χ2n) is 7.14. The van der Waals surface area contributed by atoms with Gasteiger partial charge in [-0.25, -0.2) is 13.1 Å². The van der Waals surface area contributed by atoms with E-state index in [1.54, 1.807) is 0 Å². The van der Waals surface area contributed by atoms with Crippen LogP contribution in [-0.4, -0.2) is 39.2 Å². The van der Waals surface area contributed by atoms with Crippen LogP contribution >= 0.6 is 0 Å². The summed E-state index contributed by atoms with van der Waals surface area (Å²) in [6, 6.07) is 11.3. The Balaban J connectivity index is 1.85. The third-order valence-corrected chi connectivity index (χ3v) is 6.21. The average molecular weight is 461 g/mol. The summed E-state index contributed by atoms with van der Waals surface area (Å²) < 4.78 is 32.0. The molecule has 0 aromatic heterocycles. The summed E-state index contributed by atoms with van der Waals surface area (Å²) in [5, 5.41) is 2.55. The summed E-state index contributed by atoms with van der Waals surface area (Å²) in [5.41, 5.74) is 2.93. The molecule has 0 aliphatic rings. The van der Waals surface area contributed by atoms with Crippen molar-refractivity contribution in [3.63, 3.8) is 0 Å². The fourth-order valence-electron chi connectivity index (χ4n) is 3.00. The van der Waals surface area contributed by atoms with Crippen molar-refractivity contribution in [2.75, 3.05) is 18.5 Å². The number of hydrogen-bond donors (Lipinski definition) is 2. The molecular weight excluding hydrogens is 432 g/mol. The monoisotopic (exact) mass is 460 g/mol. The Morgan fingerprint density at radius 2 is 1.66 bits per heavy atom. The molecule has 0 saturated carbocycles. The fourth-order valence-corrected chi connectivity index (χ4v) is 4.03. The molecule has 0 radical (unpaired) electrons. The van der Waals surface area contributed by atoms with E-state index in [1.807, 2.05) is 32.0 Å². The van der Waals surface area contributed by atoms with E-state index in [2.05, 4.69) is 10.0 Å². The number of sulfonamides is 1. The molecule has 0 bridgehead atoms. The summed E-state index contributed by atoms with van der Waals surface area (Å²) in [5.74, 6) is -1.23. The van der Waals surface area contributed by atoms with E-state index >= 15 is 0 Å². The third-order valence-electron chi connectivity index (χ3n) is 4.73. The molecule has 0 spiro atoms. The molecule has 32 heavy (non-hydrogen) atoms. The first-order valence-electron chi connectivity index (χ1n) is 10.3. The second kappa shape index (κ2) is 11.5. The van der Waals surface area contributed by atoms with Gasteiger partial charge in [-0.05, 0) is 54.3 Å². The molecule has 2 aromatic carbocycles. The topological polar surface area (TPSA) is 119 Å². The highest BCUT2D eigenvalue weighted by molar-refractivity contribution is 7.89. The van der Waals surface area contributed by atoms with Crippen LogP contribution in [0.1, 0.15) is 48.7 Å². The molecule has 9 heteroatoms. The Hall–Kier alpha value is -3.04. The number of esters is 1. The quantitative estimate of drug-likeness (QED) is 0.393. The molecule has 2 rings (SSSR count). The standard InChI is InChI=1S/C23H28N2O6S/c1-4-17-6-7-18(5-2)21(14-17)22(27)15-31-23(28)12-13-24-32(29,30)20-10-8-19(9-11-20)25-16(3)26/h6-11,14,24H,4-5,12-13,15H2,1-3H3,(H,25,26). The number of amides is 1. The van der Waals surface area contributed by atoms with Crippen LogP contribution in [0.4, 0.5) is 5.69 Å². The Morgan fingerprint density at radius 1 is 0.969 bits per heavy atom. The molecule has 0 unspecified atom stereocenters. The van der Waals surface area contributed by atoms with E-state index < -0.39 is 22.6 Å². The molecule has 0 saturated heterocycles. The summed E-state index contributed by atoms with van der Waals surface area (Å²) in [6.07, 6.45) is 1.26. The predicted octanol–water partition coefficient (Wildman–Crippen LogP) is 2.86. The number of anilines is 1. The zero-order chi connectivity index (χ0) is 23.7. The number of rotatable bonds is 11. The van der Waals surface area contributed by atoms with Gasteiger partial charge in [-0.3, -0.25) is 14.4 Å². The maximum absolute atomic E-state index is 12.5. The first-order valence-corrected chi connectivity index (χ1v) is 11.8. The van der Waals surface area contributed by atoms with E-state index in [4.69, 9.17) is 4.74 Å². The highest BCUT2D eigenvalue weighted by atomic mass is 32.2. The van der Waals surface area contributed by atoms with Crippen molar-refractivity contribution in [2.24, 2.45) is 0 Å². The van der Waals surface area contributed by atoms with Gasteiger partial charge in [0.15, 0.2) is 6.61 Å². The number of carbonyl (C=O) groups excluding carboxylic acids is 3. The maximum atomic E-state index is 12.5. The van der Waals surface area contributed by atoms with Gasteiger partial charge in [0.1, 0.15) is 0 Å². The number of hydrogen-bond acceptors (Lipinski definition) is 6. The molecule has 0 aliphatic carbocycles. The molecule has 8 nitrogen and oxygen atoms in total. The van der Waals surface area contributed by atoms with E-state index in [0.717, 1.165) is 17.5 Å². The molecule has 1 amide bonds. The van der Waals surface area contributed by atoms with Crippen LogP contribution in [0.3, 0.4) is 0 Å². The third kappa shape index (κ3) is 7.28. The molecular formula is C23H28N2O6S. The lowest BCUT2D eigenvalue weighted by atomic mass is 9.98. The highest BCUT2D eigenvalue weighted by Gasteiger charge is 2.17. The van der Waals surface area contributed by atoms with Gasteiger partial charge in [0, 0.05) is 24.7 Å². The van der Waals surface area contributed by atoms with Gasteiger partial charge in [0.05, 0.1) is 11.3 Å². The minimum absolute atomic E-state index is 0.00181. The predicted molar refractivity (Wildman–Crippen MR) is 121 cm³/mol. The number of carbonyl (C=O) groups is 3. The largest absolute Gasteiger partial charge is 0.457 e. The van der Waals surface area contributed by atoms with Crippen molar-refractivity contribution in [1.82, 2.24) is 4.72 Å². The SMILES string of the molecule is CCc1ccc(CC)c(C(=O)COC(=O)CCNS(=O)(=O)c2ccc(NC(C)=O)cc2)c1. The van der Waals surface area contributed by atoms with Crippen LogP contribution in [0, 0.1) is 0 Å².